The SMILES string of the molecule is Cc1cc2c3c(c1)N(c1ccc(C(C)(C)C)cc1)c1cc4c(cc1B3c1cc3c(cc1N2c1cccc(-c2ccc5c(c2)oc2ccccc25)c1)C(C)(C)CCC3(C)C)C(C)(C)CC4(C)C. The third kappa shape index (κ3) is 6.02. The fourth-order valence-electron chi connectivity index (χ4n) is 13.0. The van der Waals surface area contributed by atoms with Crippen molar-refractivity contribution in [2.45, 2.75) is 129 Å². The first kappa shape index (κ1) is 41.4. The Hall–Kier alpha value is -6.00. The molecule has 0 bridgehead atoms. The summed E-state index contributed by atoms with van der Waals surface area (Å²) in [4.78, 5) is 5.25. The largest absolute Gasteiger partial charge is 0.456 e. The standard InChI is InChI=1S/C62H63BN2O/c1-37-28-53-57-54(29-37)65(42-17-15-16-38(30-42)39-20-25-44-43-18-13-14-19-55(43)66-56(44)31-39)52-34-47-45(59(5,6)26-27-60(47,7)8)32-49(52)63(57)50-33-46-48(62(11,12)36-61(46,9)10)35-51(50)64(53)41-23-21-40(22-24-41)58(2,3)4/h13-25,28-35H,26-27,36H2,1-12H3. The minimum atomic E-state index is 0.0460. The van der Waals surface area contributed by atoms with Gasteiger partial charge in [-0.1, -0.05) is 137 Å². The van der Waals surface area contributed by atoms with Crippen molar-refractivity contribution in [2.75, 3.05) is 9.80 Å². The molecule has 0 saturated carbocycles. The molecule has 0 amide bonds. The molecular formula is C62H63BN2O. The molecule has 0 atom stereocenters. The van der Waals surface area contributed by atoms with Crippen LogP contribution in [0.3, 0.4) is 0 Å². The minimum Gasteiger partial charge on any atom is -0.456 e. The Kier molecular flexibility index (Phi) is 8.51. The van der Waals surface area contributed by atoms with Crippen LogP contribution in [0.4, 0.5) is 34.1 Å². The molecule has 8 aromatic rings. The Morgan fingerprint density at radius 2 is 1.03 bits per heavy atom. The van der Waals surface area contributed by atoms with E-state index in [1.807, 2.05) is 6.07 Å². The van der Waals surface area contributed by atoms with Crippen molar-refractivity contribution < 1.29 is 4.42 Å². The van der Waals surface area contributed by atoms with Gasteiger partial charge in [-0.25, -0.2) is 0 Å². The highest BCUT2D eigenvalue weighted by Crippen LogP contribution is 2.54. The van der Waals surface area contributed by atoms with Gasteiger partial charge in [-0.2, -0.15) is 0 Å². The molecule has 0 saturated heterocycles. The Bertz CT molecular complexity index is 3350. The van der Waals surface area contributed by atoms with Gasteiger partial charge in [-0.05, 0) is 181 Å². The number of aryl methyl sites for hydroxylation is 1. The number of anilines is 6. The van der Waals surface area contributed by atoms with E-state index in [2.05, 4.69) is 214 Å². The van der Waals surface area contributed by atoms with Gasteiger partial charge in [0.1, 0.15) is 11.2 Å². The molecule has 12 rings (SSSR count). The van der Waals surface area contributed by atoms with Crippen LogP contribution in [-0.4, -0.2) is 6.71 Å². The van der Waals surface area contributed by atoms with E-state index in [9.17, 15) is 0 Å². The fraction of sp³-hybridized carbons (Fsp3) is 0.323. The number of para-hydroxylation sites is 1. The lowest BCUT2D eigenvalue weighted by molar-refractivity contribution is 0.332. The van der Waals surface area contributed by atoms with E-state index in [4.69, 9.17) is 4.42 Å². The number of fused-ring (bicyclic) bond motifs is 9. The van der Waals surface area contributed by atoms with Crippen LogP contribution < -0.4 is 26.2 Å². The van der Waals surface area contributed by atoms with Crippen LogP contribution in [0.15, 0.2) is 132 Å². The van der Waals surface area contributed by atoms with Crippen LogP contribution >= 0.6 is 0 Å². The van der Waals surface area contributed by atoms with Crippen LogP contribution in [0.5, 0.6) is 0 Å². The van der Waals surface area contributed by atoms with Crippen molar-refractivity contribution in [1.29, 1.82) is 0 Å². The molecule has 1 aromatic heterocycles. The summed E-state index contributed by atoms with van der Waals surface area (Å²) in [5.41, 5.74) is 24.8. The normalized spacial score (nSPS) is 18.2. The van der Waals surface area contributed by atoms with Crippen molar-refractivity contribution in [2.24, 2.45) is 0 Å². The second-order valence-electron chi connectivity index (χ2n) is 24.1. The average Bonchev–Trinajstić information content (AvgIpc) is 3.73. The van der Waals surface area contributed by atoms with Crippen LogP contribution in [0.25, 0.3) is 33.1 Å². The summed E-state index contributed by atoms with van der Waals surface area (Å²) >= 11 is 0. The highest BCUT2D eigenvalue weighted by atomic mass is 16.3. The molecule has 0 unspecified atom stereocenters. The highest BCUT2D eigenvalue weighted by molar-refractivity contribution is 7.00. The molecule has 3 nitrogen and oxygen atoms in total. The number of benzene rings is 7. The molecule has 4 aliphatic rings. The molecule has 2 aliphatic heterocycles. The maximum Gasteiger partial charge on any atom is 0.252 e. The Morgan fingerprint density at radius 1 is 0.485 bits per heavy atom. The summed E-state index contributed by atoms with van der Waals surface area (Å²) in [7, 11) is 0. The molecule has 3 heterocycles. The van der Waals surface area contributed by atoms with E-state index < -0.39 is 0 Å². The Balaban J connectivity index is 1.15. The zero-order valence-corrected chi connectivity index (χ0v) is 41.1. The van der Waals surface area contributed by atoms with Gasteiger partial charge in [0.05, 0.1) is 0 Å². The monoisotopic (exact) mass is 863 g/mol. The maximum absolute atomic E-state index is 6.44. The first-order chi connectivity index (χ1) is 31.2. The van der Waals surface area contributed by atoms with E-state index in [1.54, 1.807) is 0 Å². The summed E-state index contributed by atoms with van der Waals surface area (Å²) in [6.07, 6.45) is 3.46. The van der Waals surface area contributed by atoms with Crippen molar-refractivity contribution in [1.82, 2.24) is 0 Å². The van der Waals surface area contributed by atoms with Crippen LogP contribution in [0, 0.1) is 6.92 Å². The second-order valence-corrected chi connectivity index (χ2v) is 24.1. The Labute approximate surface area is 392 Å². The van der Waals surface area contributed by atoms with Crippen molar-refractivity contribution in [3.05, 3.63) is 161 Å². The number of nitrogens with zero attached hydrogens (tertiary/aromatic N) is 2. The van der Waals surface area contributed by atoms with Gasteiger partial charge in [0.2, 0.25) is 0 Å². The lowest BCUT2D eigenvalue weighted by Gasteiger charge is -2.47. The zero-order valence-electron chi connectivity index (χ0n) is 41.1. The molecule has 2 aliphatic carbocycles. The minimum absolute atomic E-state index is 0.0460. The number of rotatable bonds is 3. The molecule has 4 heteroatoms. The zero-order chi connectivity index (χ0) is 46.0. The average molecular weight is 863 g/mol. The molecule has 66 heavy (non-hydrogen) atoms. The van der Waals surface area contributed by atoms with Gasteiger partial charge < -0.3 is 14.2 Å². The van der Waals surface area contributed by atoms with E-state index in [0.717, 1.165) is 40.3 Å². The molecule has 330 valence electrons. The van der Waals surface area contributed by atoms with Gasteiger partial charge in [0, 0.05) is 44.9 Å². The Morgan fingerprint density at radius 3 is 1.67 bits per heavy atom. The van der Waals surface area contributed by atoms with Gasteiger partial charge in [0.15, 0.2) is 0 Å². The number of hydrogen-bond acceptors (Lipinski definition) is 3. The van der Waals surface area contributed by atoms with E-state index in [1.165, 1.54) is 95.9 Å². The van der Waals surface area contributed by atoms with Gasteiger partial charge in [-0.3, -0.25) is 0 Å². The first-order valence-corrected chi connectivity index (χ1v) is 24.5. The summed E-state index contributed by atoms with van der Waals surface area (Å²) in [6, 6.07) is 49.3. The highest BCUT2D eigenvalue weighted by Gasteiger charge is 2.49. The van der Waals surface area contributed by atoms with Crippen LogP contribution in [0.2, 0.25) is 0 Å². The van der Waals surface area contributed by atoms with E-state index in [-0.39, 0.29) is 33.8 Å². The summed E-state index contributed by atoms with van der Waals surface area (Å²) < 4.78 is 6.44. The second kappa shape index (κ2) is 13.6. The quantitative estimate of drug-likeness (QED) is 0.165. The van der Waals surface area contributed by atoms with Crippen molar-refractivity contribution >= 4 is 79.2 Å². The van der Waals surface area contributed by atoms with Crippen LogP contribution in [-0.2, 0) is 27.1 Å². The molecule has 0 N–H and O–H groups in total. The van der Waals surface area contributed by atoms with Gasteiger partial charge >= 0.3 is 0 Å². The predicted molar refractivity (Wildman–Crippen MR) is 283 cm³/mol. The van der Waals surface area contributed by atoms with Crippen LogP contribution in [0.1, 0.15) is 129 Å². The number of furan rings is 1. The van der Waals surface area contributed by atoms with Crippen molar-refractivity contribution in [3.8, 4) is 11.1 Å². The predicted octanol–water partition coefficient (Wildman–Crippen LogP) is 15.2. The topological polar surface area (TPSA) is 19.6 Å². The first-order valence-electron chi connectivity index (χ1n) is 24.5. The lowest BCUT2D eigenvalue weighted by atomic mass is 9.33. The third-order valence-corrected chi connectivity index (χ3v) is 16.5. The smallest absolute Gasteiger partial charge is 0.252 e. The fourth-order valence-corrected chi connectivity index (χ4v) is 13.0. The molecule has 0 fully saturated rings. The maximum atomic E-state index is 6.44. The third-order valence-electron chi connectivity index (χ3n) is 16.5. The van der Waals surface area contributed by atoms with E-state index in [0.29, 0.717) is 0 Å². The van der Waals surface area contributed by atoms with Gasteiger partial charge in [-0.15, -0.1) is 0 Å². The summed E-state index contributed by atoms with van der Waals surface area (Å²) in [6.45, 7) is 29.0. The lowest BCUT2D eigenvalue weighted by Crippen LogP contribution is -2.62. The molecule has 0 radical (unpaired) electrons. The van der Waals surface area contributed by atoms with E-state index >= 15 is 0 Å². The van der Waals surface area contributed by atoms with Gasteiger partial charge in [0.25, 0.3) is 6.71 Å². The molecule has 7 aromatic carbocycles. The summed E-state index contributed by atoms with van der Waals surface area (Å²) in [5.74, 6) is 0. The van der Waals surface area contributed by atoms with Crippen molar-refractivity contribution in [3.63, 3.8) is 0 Å². The molecule has 0 spiro atoms. The molecular weight excluding hydrogens is 800 g/mol. The number of hydrogen-bond donors (Lipinski definition) is 0. The summed E-state index contributed by atoms with van der Waals surface area (Å²) in [5, 5.41) is 2.31.